The highest BCUT2D eigenvalue weighted by molar-refractivity contribution is 6.30. The summed E-state index contributed by atoms with van der Waals surface area (Å²) in [6.07, 6.45) is 0.0346. The molecule has 0 saturated carbocycles. The number of rotatable bonds is 5. The third kappa shape index (κ3) is 4.26. The van der Waals surface area contributed by atoms with Crippen molar-refractivity contribution in [3.63, 3.8) is 0 Å². The van der Waals surface area contributed by atoms with Crippen molar-refractivity contribution in [2.75, 3.05) is 6.61 Å². The molecule has 0 radical (unpaired) electrons. The summed E-state index contributed by atoms with van der Waals surface area (Å²) in [7, 11) is 0. The van der Waals surface area contributed by atoms with Crippen molar-refractivity contribution in [3.8, 4) is 0 Å². The van der Waals surface area contributed by atoms with E-state index in [4.69, 9.17) is 11.6 Å². The Bertz CT molecular complexity index is 662. The predicted molar refractivity (Wildman–Crippen MR) is 79.5 cm³/mol. The van der Waals surface area contributed by atoms with Crippen molar-refractivity contribution in [1.82, 2.24) is 5.32 Å². The van der Waals surface area contributed by atoms with E-state index in [9.17, 15) is 18.7 Å². The second kappa shape index (κ2) is 7.33. The van der Waals surface area contributed by atoms with Crippen LogP contribution in [0.3, 0.4) is 0 Å². The Morgan fingerprint density at radius 3 is 2.45 bits per heavy atom. The van der Waals surface area contributed by atoms with Gasteiger partial charge in [-0.1, -0.05) is 29.8 Å². The summed E-state index contributed by atoms with van der Waals surface area (Å²) < 4.78 is 26.2. The Labute approximate surface area is 131 Å². The third-order valence-electron chi connectivity index (χ3n) is 3.14. The number of hydrogen-bond acceptors (Lipinski definition) is 2. The van der Waals surface area contributed by atoms with Gasteiger partial charge >= 0.3 is 0 Å². The molecule has 0 heterocycles. The first-order valence-electron chi connectivity index (χ1n) is 6.59. The lowest BCUT2D eigenvalue weighted by molar-refractivity contribution is -0.121. The standard InChI is InChI=1S/C16H14ClF2NO2/c17-13-6-3-11(8-14(13)19)15(9-21)20-16(22)7-10-1-4-12(18)5-2-10/h1-6,8,15,21H,7,9H2,(H,20,22). The Hall–Kier alpha value is -1.98. The van der Waals surface area contributed by atoms with E-state index in [1.165, 1.54) is 42.5 Å². The van der Waals surface area contributed by atoms with Gasteiger partial charge in [0, 0.05) is 0 Å². The second-order valence-electron chi connectivity index (χ2n) is 4.78. The first-order chi connectivity index (χ1) is 10.5. The smallest absolute Gasteiger partial charge is 0.224 e. The third-order valence-corrected chi connectivity index (χ3v) is 3.45. The molecule has 0 aliphatic heterocycles. The summed E-state index contributed by atoms with van der Waals surface area (Å²) in [4.78, 5) is 12.0. The molecule has 22 heavy (non-hydrogen) atoms. The maximum absolute atomic E-state index is 13.4. The van der Waals surface area contributed by atoms with Crippen molar-refractivity contribution < 1.29 is 18.7 Å². The van der Waals surface area contributed by atoms with Crippen molar-refractivity contribution >= 4 is 17.5 Å². The molecule has 0 aromatic heterocycles. The number of aliphatic hydroxyl groups excluding tert-OH is 1. The van der Waals surface area contributed by atoms with Gasteiger partial charge in [0.1, 0.15) is 11.6 Å². The van der Waals surface area contributed by atoms with Crippen LogP contribution in [0, 0.1) is 11.6 Å². The molecule has 3 nitrogen and oxygen atoms in total. The highest BCUT2D eigenvalue weighted by Gasteiger charge is 2.15. The Kier molecular flexibility index (Phi) is 5.46. The van der Waals surface area contributed by atoms with Gasteiger partial charge in [-0.3, -0.25) is 4.79 Å². The zero-order valence-corrected chi connectivity index (χ0v) is 12.3. The number of carbonyl (C=O) groups excluding carboxylic acids is 1. The summed E-state index contributed by atoms with van der Waals surface area (Å²) in [6, 6.07) is 8.86. The molecule has 0 fully saturated rings. The number of aliphatic hydroxyl groups is 1. The van der Waals surface area contributed by atoms with E-state index in [2.05, 4.69) is 5.32 Å². The first-order valence-corrected chi connectivity index (χ1v) is 6.97. The molecule has 2 aromatic carbocycles. The fourth-order valence-electron chi connectivity index (χ4n) is 2.00. The number of halogens is 3. The van der Waals surface area contributed by atoms with E-state index in [0.717, 1.165) is 0 Å². The molecule has 0 saturated heterocycles. The maximum Gasteiger partial charge on any atom is 0.224 e. The van der Waals surface area contributed by atoms with E-state index in [0.29, 0.717) is 11.1 Å². The molecule has 2 rings (SSSR count). The second-order valence-corrected chi connectivity index (χ2v) is 5.19. The van der Waals surface area contributed by atoms with E-state index in [1.807, 2.05) is 0 Å². The van der Waals surface area contributed by atoms with Crippen LogP contribution in [0.25, 0.3) is 0 Å². The zero-order valence-electron chi connectivity index (χ0n) is 11.5. The highest BCUT2D eigenvalue weighted by atomic mass is 35.5. The molecule has 0 aliphatic carbocycles. The van der Waals surface area contributed by atoms with Crippen LogP contribution < -0.4 is 5.32 Å². The number of hydrogen-bond donors (Lipinski definition) is 2. The Morgan fingerprint density at radius 1 is 1.18 bits per heavy atom. The van der Waals surface area contributed by atoms with Crippen molar-refractivity contribution in [2.24, 2.45) is 0 Å². The van der Waals surface area contributed by atoms with Gasteiger partial charge in [-0.15, -0.1) is 0 Å². The average molecular weight is 326 g/mol. The summed E-state index contributed by atoms with van der Waals surface area (Å²) in [5, 5.41) is 11.9. The topological polar surface area (TPSA) is 49.3 Å². The minimum atomic E-state index is -0.736. The summed E-state index contributed by atoms with van der Waals surface area (Å²) >= 11 is 5.60. The fraction of sp³-hybridized carbons (Fsp3) is 0.188. The average Bonchev–Trinajstić information content (AvgIpc) is 2.50. The summed E-state index contributed by atoms with van der Waals surface area (Å²) in [5.74, 6) is -1.36. The number of carbonyl (C=O) groups is 1. The molecule has 0 bridgehead atoms. The molecule has 2 aromatic rings. The van der Waals surface area contributed by atoms with E-state index in [-0.39, 0.29) is 29.8 Å². The number of amides is 1. The lowest BCUT2D eigenvalue weighted by atomic mass is 10.1. The van der Waals surface area contributed by atoms with E-state index < -0.39 is 11.9 Å². The minimum absolute atomic E-state index is 0.0296. The van der Waals surface area contributed by atoms with Gasteiger partial charge in [0.25, 0.3) is 0 Å². The van der Waals surface area contributed by atoms with Gasteiger partial charge in [0.05, 0.1) is 24.1 Å². The van der Waals surface area contributed by atoms with E-state index in [1.54, 1.807) is 0 Å². The lowest BCUT2D eigenvalue weighted by Gasteiger charge is -2.17. The SMILES string of the molecule is O=C(Cc1ccc(F)cc1)NC(CO)c1ccc(Cl)c(F)c1. The van der Waals surface area contributed by atoms with Gasteiger partial charge in [-0.05, 0) is 35.4 Å². The van der Waals surface area contributed by atoms with Crippen molar-refractivity contribution in [2.45, 2.75) is 12.5 Å². The van der Waals surface area contributed by atoms with Crippen LogP contribution in [0.4, 0.5) is 8.78 Å². The van der Waals surface area contributed by atoms with Crippen LogP contribution in [0.5, 0.6) is 0 Å². The van der Waals surface area contributed by atoms with Crippen LogP contribution in [0.1, 0.15) is 17.2 Å². The van der Waals surface area contributed by atoms with Crippen LogP contribution in [0.2, 0.25) is 5.02 Å². The molecular weight excluding hydrogens is 312 g/mol. The molecule has 1 atom stereocenters. The lowest BCUT2D eigenvalue weighted by Crippen LogP contribution is -2.32. The predicted octanol–water partition coefficient (Wildman–Crippen LogP) is 3.01. The van der Waals surface area contributed by atoms with Gasteiger partial charge in [0.15, 0.2) is 0 Å². The first kappa shape index (κ1) is 16.4. The van der Waals surface area contributed by atoms with Gasteiger partial charge in [0.2, 0.25) is 5.91 Å². The fourth-order valence-corrected chi connectivity index (χ4v) is 2.11. The minimum Gasteiger partial charge on any atom is -0.394 e. The van der Waals surface area contributed by atoms with Gasteiger partial charge < -0.3 is 10.4 Å². The Balaban J connectivity index is 2.04. The maximum atomic E-state index is 13.4. The molecule has 1 unspecified atom stereocenters. The molecule has 0 aliphatic rings. The molecule has 0 spiro atoms. The molecule has 6 heteroatoms. The van der Waals surface area contributed by atoms with E-state index >= 15 is 0 Å². The number of nitrogens with one attached hydrogen (secondary N) is 1. The monoisotopic (exact) mass is 325 g/mol. The van der Waals surface area contributed by atoms with Crippen LogP contribution >= 0.6 is 11.6 Å². The molecule has 2 N–H and O–H groups in total. The van der Waals surface area contributed by atoms with Gasteiger partial charge in [-0.2, -0.15) is 0 Å². The number of benzene rings is 2. The largest absolute Gasteiger partial charge is 0.394 e. The molecule has 1 amide bonds. The van der Waals surface area contributed by atoms with Crippen molar-refractivity contribution in [3.05, 3.63) is 70.2 Å². The quantitative estimate of drug-likeness (QED) is 0.888. The molecular formula is C16H14ClF2NO2. The summed E-state index contributed by atoms with van der Waals surface area (Å²) in [6.45, 7) is -0.379. The molecule has 116 valence electrons. The zero-order chi connectivity index (χ0) is 16.1. The highest BCUT2D eigenvalue weighted by Crippen LogP contribution is 2.20. The van der Waals surface area contributed by atoms with Crippen LogP contribution in [-0.4, -0.2) is 17.6 Å². The normalized spacial score (nSPS) is 12.0. The van der Waals surface area contributed by atoms with Gasteiger partial charge in [-0.25, -0.2) is 8.78 Å². The van der Waals surface area contributed by atoms with Crippen LogP contribution in [0.15, 0.2) is 42.5 Å². The summed E-state index contributed by atoms with van der Waals surface area (Å²) in [5.41, 5.74) is 1.05. The van der Waals surface area contributed by atoms with Crippen molar-refractivity contribution in [1.29, 1.82) is 0 Å². The Morgan fingerprint density at radius 2 is 1.86 bits per heavy atom. The van der Waals surface area contributed by atoms with Crippen LogP contribution in [-0.2, 0) is 11.2 Å².